The van der Waals surface area contributed by atoms with Crippen molar-refractivity contribution in [2.24, 2.45) is 0 Å². The molecule has 88 valence electrons. The Kier molecular flexibility index (Phi) is 3.09. The molecular formula is C12H13N3O2. The van der Waals surface area contributed by atoms with E-state index in [9.17, 15) is 4.79 Å². The number of rotatable bonds is 3. The summed E-state index contributed by atoms with van der Waals surface area (Å²) in [7, 11) is 0. The van der Waals surface area contributed by atoms with Gasteiger partial charge in [0.05, 0.1) is 12.1 Å². The first kappa shape index (κ1) is 11.2. The third-order valence-electron chi connectivity index (χ3n) is 2.30. The third-order valence-corrected chi connectivity index (χ3v) is 2.30. The minimum absolute atomic E-state index is 0.223. The predicted molar refractivity (Wildman–Crippen MR) is 63.3 cm³/mol. The zero-order chi connectivity index (χ0) is 12.3. The first-order valence-electron chi connectivity index (χ1n) is 5.21. The molecule has 0 aliphatic carbocycles. The summed E-state index contributed by atoms with van der Waals surface area (Å²) in [4.78, 5) is 15.6. The SMILES string of the molecule is Cc1ccc(CNC(=O)c2cccnc2N)o1. The molecule has 0 spiro atoms. The Morgan fingerprint density at radius 3 is 2.94 bits per heavy atom. The van der Waals surface area contributed by atoms with Gasteiger partial charge in [-0.05, 0) is 31.2 Å². The van der Waals surface area contributed by atoms with Crippen molar-refractivity contribution < 1.29 is 9.21 Å². The summed E-state index contributed by atoms with van der Waals surface area (Å²) >= 11 is 0. The van der Waals surface area contributed by atoms with E-state index in [1.54, 1.807) is 18.3 Å². The number of aryl methyl sites for hydroxylation is 1. The molecule has 5 heteroatoms. The summed E-state index contributed by atoms with van der Waals surface area (Å²) < 4.78 is 5.34. The smallest absolute Gasteiger partial charge is 0.255 e. The first-order chi connectivity index (χ1) is 8.16. The van der Waals surface area contributed by atoms with Crippen LogP contribution in [-0.2, 0) is 6.54 Å². The molecule has 0 unspecified atom stereocenters. The monoisotopic (exact) mass is 231 g/mol. The highest BCUT2D eigenvalue weighted by Crippen LogP contribution is 2.08. The van der Waals surface area contributed by atoms with E-state index in [0.717, 1.165) is 5.76 Å². The number of nitrogens with two attached hydrogens (primary N) is 1. The van der Waals surface area contributed by atoms with Gasteiger partial charge in [0.15, 0.2) is 0 Å². The standard InChI is InChI=1S/C12H13N3O2/c1-8-4-5-9(17-8)7-15-12(16)10-3-2-6-14-11(10)13/h2-6H,7H2,1H3,(H2,13,14)(H,15,16). The number of aromatic nitrogens is 1. The molecule has 3 N–H and O–H groups in total. The summed E-state index contributed by atoms with van der Waals surface area (Å²) in [5.41, 5.74) is 5.97. The fourth-order valence-corrected chi connectivity index (χ4v) is 1.45. The van der Waals surface area contributed by atoms with Gasteiger partial charge < -0.3 is 15.5 Å². The molecule has 2 aromatic heterocycles. The summed E-state index contributed by atoms with van der Waals surface area (Å²) in [5.74, 6) is 1.48. The number of furan rings is 1. The van der Waals surface area contributed by atoms with Crippen LogP contribution in [0, 0.1) is 6.92 Å². The molecule has 1 amide bonds. The predicted octanol–water partition coefficient (Wildman–Crippen LogP) is 1.50. The van der Waals surface area contributed by atoms with Crippen molar-refractivity contribution in [1.29, 1.82) is 0 Å². The van der Waals surface area contributed by atoms with E-state index in [-0.39, 0.29) is 11.7 Å². The average molecular weight is 231 g/mol. The van der Waals surface area contributed by atoms with Crippen molar-refractivity contribution in [3.05, 3.63) is 47.5 Å². The average Bonchev–Trinajstić information content (AvgIpc) is 2.73. The van der Waals surface area contributed by atoms with Crippen molar-refractivity contribution in [2.75, 3.05) is 5.73 Å². The molecule has 0 aliphatic rings. The molecule has 0 radical (unpaired) electrons. The number of hydrogen-bond acceptors (Lipinski definition) is 4. The van der Waals surface area contributed by atoms with Crippen LogP contribution >= 0.6 is 0 Å². The first-order valence-corrected chi connectivity index (χ1v) is 5.21. The Balaban J connectivity index is 2.01. The Morgan fingerprint density at radius 2 is 2.29 bits per heavy atom. The number of carbonyl (C=O) groups is 1. The maximum Gasteiger partial charge on any atom is 0.255 e. The van der Waals surface area contributed by atoms with Crippen molar-refractivity contribution in [1.82, 2.24) is 10.3 Å². The summed E-state index contributed by atoms with van der Waals surface area (Å²) in [5, 5.41) is 2.72. The Bertz CT molecular complexity index is 534. The molecule has 2 heterocycles. The van der Waals surface area contributed by atoms with E-state index in [2.05, 4.69) is 10.3 Å². The van der Waals surface area contributed by atoms with Gasteiger partial charge >= 0.3 is 0 Å². The maximum atomic E-state index is 11.8. The second-order valence-corrected chi connectivity index (χ2v) is 3.63. The number of carbonyl (C=O) groups excluding carboxylic acids is 1. The largest absolute Gasteiger partial charge is 0.465 e. The number of nitrogen functional groups attached to an aromatic ring is 1. The normalized spacial score (nSPS) is 10.2. The molecule has 17 heavy (non-hydrogen) atoms. The van der Waals surface area contributed by atoms with Gasteiger partial charge in [-0.25, -0.2) is 4.98 Å². The minimum Gasteiger partial charge on any atom is -0.465 e. The molecule has 0 saturated heterocycles. The number of pyridine rings is 1. The Labute approximate surface area is 98.6 Å². The second-order valence-electron chi connectivity index (χ2n) is 3.63. The minimum atomic E-state index is -0.260. The van der Waals surface area contributed by atoms with Gasteiger partial charge in [0.1, 0.15) is 17.3 Å². The van der Waals surface area contributed by atoms with Crippen molar-refractivity contribution in [3.8, 4) is 0 Å². The van der Waals surface area contributed by atoms with E-state index in [1.807, 2.05) is 19.1 Å². The van der Waals surface area contributed by atoms with Gasteiger partial charge in [-0.15, -0.1) is 0 Å². The lowest BCUT2D eigenvalue weighted by Gasteiger charge is -2.04. The van der Waals surface area contributed by atoms with Crippen LogP contribution < -0.4 is 11.1 Å². The van der Waals surface area contributed by atoms with Gasteiger partial charge in [0.25, 0.3) is 5.91 Å². The van der Waals surface area contributed by atoms with Crippen LogP contribution in [0.3, 0.4) is 0 Å². The zero-order valence-corrected chi connectivity index (χ0v) is 9.43. The molecule has 0 atom stereocenters. The molecule has 0 fully saturated rings. The van der Waals surface area contributed by atoms with E-state index in [1.165, 1.54) is 0 Å². The van der Waals surface area contributed by atoms with Crippen LogP contribution in [0.2, 0.25) is 0 Å². The van der Waals surface area contributed by atoms with Crippen molar-refractivity contribution in [2.45, 2.75) is 13.5 Å². The lowest BCUT2D eigenvalue weighted by atomic mass is 10.2. The van der Waals surface area contributed by atoms with E-state index < -0.39 is 0 Å². The van der Waals surface area contributed by atoms with E-state index in [0.29, 0.717) is 17.9 Å². The van der Waals surface area contributed by atoms with Crippen LogP contribution in [0.1, 0.15) is 21.9 Å². The van der Waals surface area contributed by atoms with Gasteiger partial charge in [0.2, 0.25) is 0 Å². The van der Waals surface area contributed by atoms with Crippen LogP contribution in [0.4, 0.5) is 5.82 Å². The van der Waals surface area contributed by atoms with E-state index >= 15 is 0 Å². The van der Waals surface area contributed by atoms with Crippen LogP contribution in [0.5, 0.6) is 0 Å². The summed E-state index contributed by atoms with van der Waals surface area (Å²) in [6, 6.07) is 6.97. The molecule has 0 saturated carbocycles. The van der Waals surface area contributed by atoms with Crippen LogP contribution in [0.25, 0.3) is 0 Å². The number of nitrogens with zero attached hydrogens (tertiary/aromatic N) is 1. The molecule has 2 rings (SSSR count). The fourth-order valence-electron chi connectivity index (χ4n) is 1.45. The highest BCUT2D eigenvalue weighted by molar-refractivity contribution is 5.98. The number of amides is 1. The lowest BCUT2D eigenvalue weighted by Crippen LogP contribution is -2.23. The number of anilines is 1. The second kappa shape index (κ2) is 4.69. The zero-order valence-electron chi connectivity index (χ0n) is 9.43. The molecule has 5 nitrogen and oxygen atoms in total. The Hall–Kier alpha value is -2.30. The Morgan fingerprint density at radius 1 is 1.47 bits per heavy atom. The van der Waals surface area contributed by atoms with Crippen LogP contribution in [-0.4, -0.2) is 10.9 Å². The summed E-state index contributed by atoms with van der Waals surface area (Å²) in [6.45, 7) is 2.19. The molecular weight excluding hydrogens is 218 g/mol. The van der Waals surface area contributed by atoms with Gasteiger partial charge in [-0.3, -0.25) is 4.79 Å². The van der Waals surface area contributed by atoms with E-state index in [4.69, 9.17) is 10.2 Å². The van der Waals surface area contributed by atoms with Crippen molar-refractivity contribution >= 4 is 11.7 Å². The lowest BCUT2D eigenvalue weighted by molar-refractivity contribution is 0.0948. The number of nitrogens with one attached hydrogen (secondary N) is 1. The van der Waals surface area contributed by atoms with Crippen LogP contribution in [0.15, 0.2) is 34.9 Å². The molecule has 2 aromatic rings. The molecule has 0 bridgehead atoms. The molecule has 0 aromatic carbocycles. The van der Waals surface area contributed by atoms with Gasteiger partial charge in [-0.2, -0.15) is 0 Å². The van der Waals surface area contributed by atoms with Gasteiger partial charge in [-0.1, -0.05) is 0 Å². The quantitative estimate of drug-likeness (QED) is 0.838. The summed E-state index contributed by atoms with van der Waals surface area (Å²) in [6.07, 6.45) is 1.54. The highest BCUT2D eigenvalue weighted by atomic mass is 16.3. The maximum absolute atomic E-state index is 11.8. The third kappa shape index (κ3) is 2.63. The number of hydrogen-bond donors (Lipinski definition) is 2. The van der Waals surface area contributed by atoms with Crippen molar-refractivity contribution in [3.63, 3.8) is 0 Å². The van der Waals surface area contributed by atoms with Gasteiger partial charge in [0, 0.05) is 6.20 Å². The molecule has 0 aliphatic heterocycles. The highest BCUT2D eigenvalue weighted by Gasteiger charge is 2.10. The fraction of sp³-hybridized carbons (Fsp3) is 0.167. The topological polar surface area (TPSA) is 81.2 Å².